The van der Waals surface area contributed by atoms with Gasteiger partial charge in [0, 0.05) is 15.7 Å². The van der Waals surface area contributed by atoms with E-state index < -0.39 is 19.9 Å². The van der Waals surface area contributed by atoms with Crippen LogP contribution in [0.1, 0.15) is 37.0 Å². The van der Waals surface area contributed by atoms with Gasteiger partial charge in [-0.25, -0.2) is 13.2 Å². The van der Waals surface area contributed by atoms with Gasteiger partial charge < -0.3 is 4.74 Å². The minimum absolute atomic E-state index is 0.0312. The van der Waals surface area contributed by atoms with Crippen molar-refractivity contribution in [2.45, 2.75) is 37.7 Å². The van der Waals surface area contributed by atoms with Crippen LogP contribution in [0.25, 0.3) is 0 Å². The highest BCUT2D eigenvalue weighted by Crippen LogP contribution is 2.32. The topological polar surface area (TPSA) is 60.4 Å². The first kappa shape index (κ1) is 17.6. The number of halogens is 3. The van der Waals surface area contributed by atoms with Gasteiger partial charge in [-0.15, -0.1) is 0 Å². The third-order valence-corrected chi connectivity index (χ3v) is 4.57. The monoisotopic (exact) mass is 358 g/mol. The lowest BCUT2D eigenvalue weighted by atomic mass is 10.2. The zero-order chi connectivity index (χ0) is 15.5. The number of esters is 1. The summed E-state index contributed by atoms with van der Waals surface area (Å²) in [4.78, 5) is 11.6. The molecule has 0 spiro atoms. The van der Waals surface area contributed by atoms with Crippen molar-refractivity contribution in [3.05, 3.63) is 27.7 Å². The molecule has 0 amide bonds. The van der Waals surface area contributed by atoms with Crippen molar-refractivity contribution in [1.29, 1.82) is 0 Å². The lowest BCUT2D eigenvalue weighted by molar-refractivity contribution is 0.0323. The van der Waals surface area contributed by atoms with Crippen molar-refractivity contribution in [1.82, 2.24) is 0 Å². The van der Waals surface area contributed by atoms with E-state index in [-0.39, 0.29) is 21.7 Å². The Bertz CT molecular complexity index is 613. The van der Waals surface area contributed by atoms with E-state index in [0.717, 1.165) is 12.5 Å². The fourth-order valence-corrected chi connectivity index (χ4v) is 3.45. The molecule has 0 fully saturated rings. The van der Waals surface area contributed by atoms with Crippen molar-refractivity contribution < 1.29 is 17.9 Å². The van der Waals surface area contributed by atoms with Crippen LogP contribution >= 0.6 is 33.9 Å². The molecule has 0 aliphatic rings. The molecule has 1 unspecified atom stereocenters. The van der Waals surface area contributed by atoms with Gasteiger partial charge in [-0.2, -0.15) is 0 Å². The summed E-state index contributed by atoms with van der Waals surface area (Å²) >= 11 is 11.7. The first-order valence-corrected chi connectivity index (χ1v) is 8.88. The maximum Gasteiger partial charge on any atom is 0.340 e. The second-order valence-corrected chi connectivity index (χ2v) is 7.56. The van der Waals surface area contributed by atoms with Gasteiger partial charge in [-0.3, -0.25) is 0 Å². The van der Waals surface area contributed by atoms with Crippen LogP contribution in [0.5, 0.6) is 0 Å². The van der Waals surface area contributed by atoms with Crippen LogP contribution in [0.2, 0.25) is 10.0 Å². The average molecular weight is 360 g/mol. The highest BCUT2D eigenvalue weighted by molar-refractivity contribution is 8.13. The molecule has 0 bridgehead atoms. The molecule has 0 aliphatic carbocycles. The average Bonchev–Trinajstić information content (AvgIpc) is 2.30. The molecule has 20 heavy (non-hydrogen) atoms. The Morgan fingerprint density at radius 3 is 2.45 bits per heavy atom. The Morgan fingerprint density at radius 1 is 1.35 bits per heavy atom. The van der Waals surface area contributed by atoms with Gasteiger partial charge in [0.25, 0.3) is 9.05 Å². The van der Waals surface area contributed by atoms with E-state index >= 15 is 0 Å². The summed E-state index contributed by atoms with van der Waals surface area (Å²) < 4.78 is 27.9. The molecule has 0 saturated carbocycles. The molecule has 1 atom stereocenters. The molecule has 0 heterocycles. The van der Waals surface area contributed by atoms with E-state index in [0.29, 0.717) is 6.42 Å². The molecule has 0 N–H and O–H groups in total. The highest BCUT2D eigenvalue weighted by Gasteiger charge is 2.24. The molecular weight excluding hydrogens is 347 g/mol. The second-order valence-electron chi connectivity index (χ2n) is 4.21. The number of carbonyl (C=O) groups excluding carboxylic acids is 1. The van der Waals surface area contributed by atoms with Gasteiger partial charge in [-0.05, 0) is 25.5 Å². The fraction of sp³-hybridized carbons (Fsp3) is 0.417. The van der Waals surface area contributed by atoms with Crippen molar-refractivity contribution >= 4 is 48.9 Å². The van der Waals surface area contributed by atoms with Gasteiger partial charge in [0.1, 0.15) is 4.90 Å². The Morgan fingerprint density at radius 2 is 1.95 bits per heavy atom. The van der Waals surface area contributed by atoms with Gasteiger partial charge in [0.2, 0.25) is 0 Å². The number of ether oxygens (including phenoxy) is 1. The summed E-state index contributed by atoms with van der Waals surface area (Å²) in [7, 11) is 1.14. The predicted octanol–water partition coefficient (Wildman–Crippen LogP) is 4.27. The van der Waals surface area contributed by atoms with Crippen molar-refractivity contribution in [3.63, 3.8) is 0 Å². The Hall–Kier alpha value is -0.490. The Kier molecular flexibility index (Phi) is 6.13. The molecule has 0 saturated heterocycles. The zero-order valence-electron chi connectivity index (χ0n) is 10.8. The van der Waals surface area contributed by atoms with Crippen LogP contribution in [-0.4, -0.2) is 20.5 Å². The van der Waals surface area contributed by atoms with Gasteiger partial charge in [0.05, 0.1) is 16.7 Å². The Balaban J connectivity index is 3.19. The summed E-state index contributed by atoms with van der Waals surface area (Å²) in [5, 5.41) is -0.262. The van der Waals surface area contributed by atoms with E-state index in [1.165, 1.54) is 6.07 Å². The van der Waals surface area contributed by atoms with E-state index in [1.807, 2.05) is 6.92 Å². The van der Waals surface area contributed by atoms with E-state index in [4.69, 9.17) is 38.6 Å². The van der Waals surface area contributed by atoms with Gasteiger partial charge in [0.15, 0.2) is 0 Å². The van der Waals surface area contributed by atoms with Crippen LogP contribution in [-0.2, 0) is 13.8 Å². The number of hydrogen-bond donors (Lipinski definition) is 0. The van der Waals surface area contributed by atoms with E-state index in [9.17, 15) is 13.2 Å². The molecule has 112 valence electrons. The summed E-state index contributed by atoms with van der Waals surface area (Å²) in [6, 6.07) is 2.33. The normalized spacial score (nSPS) is 13.1. The highest BCUT2D eigenvalue weighted by atomic mass is 35.7. The SMILES string of the molecule is CCCC(C)OC(=O)c1cc(Cl)cc(S(=O)(=O)Cl)c1Cl. The third kappa shape index (κ3) is 4.52. The van der Waals surface area contributed by atoms with Crippen LogP contribution in [0.4, 0.5) is 0 Å². The van der Waals surface area contributed by atoms with E-state index in [2.05, 4.69) is 0 Å². The molecule has 0 aliphatic heterocycles. The minimum atomic E-state index is -4.10. The molecule has 4 nitrogen and oxygen atoms in total. The van der Waals surface area contributed by atoms with Gasteiger partial charge >= 0.3 is 5.97 Å². The Labute approximate surface area is 132 Å². The number of carbonyl (C=O) groups is 1. The minimum Gasteiger partial charge on any atom is -0.459 e. The predicted molar refractivity (Wildman–Crippen MR) is 79.3 cm³/mol. The van der Waals surface area contributed by atoms with Crippen LogP contribution < -0.4 is 0 Å². The molecule has 8 heteroatoms. The molecule has 1 rings (SSSR count). The summed E-state index contributed by atoms with van der Waals surface area (Å²) in [5.41, 5.74) is -0.124. The van der Waals surface area contributed by atoms with Crippen molar-refractivity contribution in [3.8, 4) is 0 Å². The second kappa shape index (κ2) is 6.98. The summed E-state index contributed by atoms with van der Waals surface area (Å²) in [6.45, 7) is 3.69. The van der Waals surface area contributed by atoms with Crippen LogP contribution in [0, 0.1) is 0 Å². The standard InChI is InChI=1S/C12H13Cl3O4S/c1-3-4-7(2)19-12(16)9-5-8(13)6-10(11(9)14)20(15,17)18/h5-7H,3-4H2,1-2H3. The molecular formula is C12H13Cl3O4S. The smallest absolute Gasteiger partial charge is 0.340 e. The number of hydrogen-bond acceptors (Lipinski definition) is 4. The van der Waals surface area contributed by atoms with Crippen LogP contribution in [0.15, 0.2) is 17.0 Å². The lowest BCUT2D eigenvalue weighted by Crippen LogP contribution is -2.15. The van der Waals surface area contributed by atoms with Gasteiger partial charge in [-0.1, -0.05) is 36.5 Å². The number of rotatable bonds is 5. The third-order valence-electron chi connectivity index (χ3n) is 2.49. The summed E-state index contributed by atoms with van der Waals surface area (Å²) in [6.07, 6.45) is 1.22. The first-order chi connectivity index (χ1) is 9.16. The maximum atomic E-state index is 12.0. The van der Waals surface area contributed by atoms with Crippen molar-refractivity contribution in [2.24, 2.45) is 0 Å². The molecule has 0 radical (unpaired) electrons. The van der Waals surface area contributed by atoms with Crippen LogP contribution in [0.3, 0.4) is 0 Å². The molecule has 1 aromatic rings. The molecule has 0 aromatic heterocycles. The quantitative estimate of drug-likeness (QED) is 0.582. The largest absolute Gasteiger partial charge is 0.459 e. The fourth-order valence-electron chi connectivity index (χ4n) is 1.60. The van der Waals surface area contributed by atoms with Crippen molar-refractivity contribution in [2.75, 3.05) is 0 Å². The molecule has 1 aromatic carbocycles. The zero-order valence-corrected chi connectivity index (χ0v) is 13.9. The lowest BCUT2D eigenvalue weighted by Gasteiger charge is -2.14. The first-order valence-electron chi connectivity index (χ1n) is 5.81. The number of benzene rings is 1. The maximum absolute atomic E-state index is 12.0. The van der Waals surface area contributed by atoms with E-state index in [1.54, 1.807) is 6.92 Å². The summed E-state index contributed by atoms with van der Waals surface area (Å²) in [5.74, 6) is -0.736.